The van der Waals surface area contributed by atoms with Crippen LogP contribution in [0.15, 0.2) is 54.6 Å². The quantitative estimate of drug-likeness (QED) is 0.599. The average Bonchev–Trinajstić information content (AvgIpc) is 3.23. The summed E-state index contributed by atoms with van der Waals surface area (Å²) in [5.74, 6) is 2.30. The summed E-state index contributed by atoms with van der Waals surface area (Å²) in [6.07, 6.45) is 0. The SMILES string of the molecule is COc1ccc(Cn2nnnc2[C@@H](C(C)C)[NH+]2CC[NH+](c3ccccc3)CC2)cc1. The van der Waals surface area contributed by atoms with Crippen molar-refractivity contribution in [1.82, 2.24) is 20.2 Å². The fourth-order valence-electron chi connectivity index (χ4n) is 4.55. The maximum atomic E-state index is 5.27. The molecule has 0 spiro atoms. The summed E-state index contributed by atoms with van der Waals surface area (Å²) in [5, 5.41) is 12.8. The Labute approximate surface area is 178 Å². The summed E-state index contributed by atoms with van der Waals surface area (Å²) in [4.78, 5) is 3.15. The number of benzene rings is 2. The van der Waals surface area contributed by atoms with Crippen LogP contribution in [0.1, 0.15) is 31.3 Å². The van der Waals surface area contributed by atoms with Crippen molar-refractivity contribution in [2.75, 3.05) is 33.3 Å². The van der Waals surface area contributed by atoms with E-state index in [9.17, 15) is 0 Å². The van der Waals surface area contributed by atoms with Crippen LogP contribution in [0.25, 0.3) is 0 Å². The molecule has 7 heteroatoms. The van der Waals surface area contributed by atoms with Gasteiger partial charge in [-0.15, -0.1) is 5.10 Å². The second-order valence-corrected chi connectivity index (χ2v) is 8.39. The lowest BCUT2D eigenvalue weighted by Crippen LogP contribution is -3.26. The molecule has 4 rings (SSSR count). The molecule has 1 atom stereocenters. The van der Waals surface area contributed by atoms with Gasteiger partial charge in [-0.1, -0.05) is 44.2 Å². The highest BCUT2D eigenvalue weighted by molar-refractivity contribution is 5.28. The van der Waals surface area contributed by atoms with Gasteiger partial charge in [-0.2, -0.15) is 0 Å². The van der Waals surface area contributed by atoms with Crippen LogP contribution in [0.3, 0.4) is 0 Å². The molecule has 2 heterocycles. The van der Waals surface area contributed by atoms with Gasteiger partial charge in [0.1, 0.15) is 37.6 Å². The monoisotopic (exact) mass is 408 g/mol. The van der Waals surface area contributed by atoms with Crippen LogP contribution in [0.2, 0.25) is 0 Å². The summed E-state index contributed by atoms with van der Waals surface area (Å²) in [6, 6.07) is 19.2. The topological polar surface area (TPSA) is 61.7 Å². The first-order valence-corrected chi connectivity index (χ1v) is 10.8. The Morgan fingerprint density at radius 1 is 0.967 bits per heavy atom. The zero-order valence-corrected chi connectivity index (χ0v) is 18.1. The molecule has 1 saturated heterocycles. The second kappa shape index (κ2) is 9.36. The van der Waals surface area contributed by atoms with Crippen molar-refractivity contribution in [1.29, 1.82) is 0 Å². The Kier molecular flexibility index (Phi) is 6.40. The summed E-state index contributed by atoms with van der Waals surface area (Å²) in [7, 11) is 1.68. The molecule has 0 aliphatic carbocycles. The molecule has 1 fully saturated rings. The molecule has 3 aromatic rings. The van der Waals surface area contributed by atoms with Crippen LogP contribution in [0.4, 0.5) is 5.69 Å². The van der Waals surface area contributed by atoms with Crippen molar-refractivity contribution in [3.63, 3.8) is 0 Å². The van der Waals surface area contributed by atoms with Gasteiger partial charge >= 0.3 is 0 Å². The van der Waals surface area contributed by atoms with Crippen LogP contribution in [-0.2, 0) is 6.54 Å². The number of hydrogen-bond acceptors (Lipinski definition) is 4. The van der Waals surface area contributed by atoms with E-state index in [2.05, 4.69) is 71.8 Å². The summed E-state index contributed by atoms with van der Waals surface area (Å²) in [6.45, 7) is 9.71. The van der Waals surface area contributed by atoms with Gasteiger partial charge in [0.15, 0.2) is 6.04 Å². The third kappa shape index (κ3) is 4.52. The predicted molar refractivity (Wildman–Crippen MR) is 115 cm³/mol. The minimum absolute atomic E-state index is 0.288. The average molecular weight is 409 g/mol. The molecule has 0 saturated carbocycles. The number of tetrazole rings is 1. The van der Waals surface area contributed by atoms with Crippen LogP contribution in [-0.4, -0.2) is 53.5 Å². The normalized spacial score (nSPS) is 20.3. The minimum atomic E-state index is 0.288. The lowest BCUT2D eigenvalue weighted by atomic mass is 10.0. The molecule has 1 aliphatic heterocycles. The number of ether oxygens (including phenoxy) is 1. The molecular formula is C23H32N6O+2. The molecule has 1 aliphatic rings. The predicted octanol–water partition coefficient (Wildman–Crippen LogP) is 0.542. The van der Waals surface area contributed by atoms with E-state index in [1.54, 1.807) is 16.9 Å². The van der Waals surface area contributed by atoms with E-state index in [4.69, 9.17) is 4.74 Å². The maximum absolute atomic E-state index is 5.27. The Morgan fingerprint density at radius 2 is 1.67 bits per heavy atom. The molecule has 7 nitrogen and oxygen atoms in total. The first kappa shape index (κ1) is 20.5. The zero-order chi connectivity index (χ0) is 20.9. The number of nitrogens with zero attached hydrogens (tertiary/aromatic N) is 4. The van der Waals surface area contributed by atoms with E-state index in [-0.39, 0.29) is 6.04 Å². The molecule has 1 aromatic heterocycles. The highest BCUT2D eigenvalue weighted by atomic mass is 16.5. The Bertz CT molecular complexity index is 916. The zero-order valence-electron chi connectivity index (χ0n) is 18.1. The first-order valence-electron chi connectivity index (χ1n) is 10.8. The second-order valence-electron chi connectivity index (χ2n) is 8.39. The van der Waals surface area contributed by atoms with Gasteiger partial charge < -0.3 is 9.64 Å². The lowest BCUT2D eigenvalue weighted by molar-refractivity contribution is -1.01. The van der Waals surface area contributed by atoms with Crippen LogP contribution in [0.5, 0.6) is 5.75 Å². The smallest absolute Gasteiger partial charge is 0.209 e. The Hall–Kier alpha value is -2.77. The molecule has 2 N–H and O–H groups in total. The first-order chi connectivity index (χ1) is 14.7. The van der Waals surface area contributed by atoms with Gasteiger partial charge in [0.05, 0.1) is 13.7 Å². The third-order valence-electron chi connectivity index (χ3n) is 6.11. The highest BCUT2D eigenvalue weighted by Crippen LogP contribution is 2.18. The Balaban J connectivity index is 1.48. The molecule has 0 bridgehead atoms. The van der Waals surface area contributed by atoms with Crippen molar-refractivity contribution in [3.8, 4) is 5.75 Å². The van der Waals surface area contributed by atoms with Gasteiger partial charge in [0.25, 0.3) is 0 Å². The number of para-hydroxylation sites is 1. The number of nitrogens with one attached hydrogen (secondary N) is 2. The molecular weight excluding hydrogens is 376 g/mol. The van der Waals surface area contributed by atoms with E-state index in [0.29, 0.717) is 12.5 Å². The van der Waals surface area contributed by atoms with E-state index < -0.39 is 0 Å². The molecule has 2 aromatic carbocycles. The standard InChI is InChI=1S/C23H30N6O/c1-18(2)22(28-15-13-27(14-16-28)20-7-5-4-6-8-20)23-24-25-26-29(23)17-19-9-11-21(30-3)12-10-19/h4-12,18,22H,13-17H2,1-3H3/p+2/t22-/m1/s1. The lowest BCUT2D eigenvalue weighted by Gasteiger charge is -2.35. The van der Waals surface area contributed by atoms with Crippen molar-refractivity contribution < 1.29 is 14.5 Å². The molecule has 0 radical (unpaired) electrons. The van der Waals surface area contributed by atoms with E-state index in [1.807, 2.05) is 16.8 Å². The number of piperazine rings is 1. The van der Waals surface area contributed by atoms with Crippen LogP contribution < -0.4 is 14.5 Å². The molecule has 158 valence electrons. The van der Waals surface area contributed by atoms with E-state index >= 15 is 0 Å². The number of methoxy groups -OCH3 is 1. The maximum Gasteiger partial charge on any atom is 0.209 e. The minimum Gasteiger partial charge on any atom is -0.497 e. The molecule has 0 amide bonds. The summed E-state index contributed by atoms with van der Waals surface area (Å²) in [5.41, 5.74) is 2.56. The fraction of sp³-hybridized carbons (Fsp3) is 0.435. The number of aromatic nitrogens is 4. The van der Waals surface area contributed by atoms with E-state index in [1.165, 1.54) is 11.3 Å². The number of quaternary nitrogens is 2. The number of hydrogen-bond donors (Lipinski definition) is 2. The third-order valence-corrected chi connectivity index (χ3v) is 6.11. The number of rotatable bonds is 7. The van der Waals surface area contributed by atoms with Gasteiger partial charge in [-0.3, -0.25) is 4.90 Å². The van der Waals surface area contributed by atoms with Crippen LogP contribution in [0, 0.1) is 5.92 Å². The van der Waals surface area contributed by atoms with Crippen molar-refractivity contribution in [2.45, 2.75) is 26.4 Å². The molecule has 0 unspecified atom stereocenters. The molecule has 30 heavy (non-hydrogen) atoms. The summed E-state index contributed by atoms with van der Waals surface area (Å²) >= 11 is 0. The van der Waals surface area contributed by atoms with Gasteiger partial charge in [0, 0.05) is 5.92 Å². The summed E-state index contributed by atoms with van der Waals surface area (Å²) < 4.78 is 7.23. The van der Waals surface area contributed by atoms with Gasteiger partial charge in [0.2, 0.25) is 5.82 Å². The van der Waals surface area contributed by atoms with Crippen LogP contribution >= 0.6 is 0 Å². The van der Waals surface area contributed by atoms with E-state index in [0.717, 1.165) is 37.8 Å². The van der Waals surface area contributed by atoms with Crippen molar-refractivity contribution >= 4 is 5.69 Å². The largest absolute Gasteiger partial charge is 0.497 e. The van der Waals surface area contributed by atoms with Gasteiger partial charge in [-0.05, 0) is 40.3 Å². The fourth-order valence-corrected chi connectivity index (χ4v) is 4.55. The van der Waals surface area contributed by atoms with Gasteiger partial charge in [-0.25, -0.2) is 4.68 Å². The Morgan fingerprint density at radius 3 is 2.30 bits per heavy atom. The van der Waals surface area contributed by atoms with Crippen molar-refractivity contribution in [3.05, 3.63) is 66.0 Å². The highest BCUT2D eigenvalue weighted by Gasteiger charge is 2.36. The van der Waals surface area contributed by atoms with Crippen molar-refractivity contribution in [2.24, 2.45) is 5.92 Å².